The highest BCUT2D eigenvalue weighted by atomic mass is 19.4. The van der Waals surface area contributed by atoms with Gasteiger partial charge >= 0.3 is 6.18 Å². The Labute approximate surface area is 213 Å². The number of amides is 2. The first-order chi connectivity index (χ1) is 18.2. The first-order valence-electron chi connectivity index (χ1n) is 11.3. The Bertz CT molecular complexity index is 1660. The van der Waals surface area contributed by atoms with Gasteiger partial charge in [-0.05, 0) is 54.6 Å². The number of carbonyl (C=O) groups excluding carboxylic acids is 2. The zero-order chi connectivity index (χ0) is 26.9. The number of alkyl halides is 3. The largest absolute Gasteiger partial charge is 0.419 e. The number of rotatable bonds is 5. The van der Waals surface area contributed by atoms with E-state index in [1.165, 1.54) is 0 Å². The van der Waals surface area contributed by atoms with Crippen molar-refractivity contribution in [1.29, 1.82) is 0 Å². The summed E-state index contributed by atoms with van der Waals surface area (Å²) in [5, 5.41) is 5.40. The molecule has 0 saturated heterocycles. The Hall–Kier alpha value is -4.99. The van der Waals surface area contributed by atoms with Crippen LogP contribution in [0.25, 0.3) is 16.9 Å². The maximum absolute atomic E-state index is 13.6. The van der Waals surface area contributed by atoms with E-state index < -0.39 is 23.5 Å². The normalized spacial score (nSPS) is 11.4. The monoisotopic (exact) mass is 518 g/mol. The van der Waals surface area contributed by atoms with Gasteiger partial charge in [-0.15, -0.1) is 0 Å². The molecule has 2 amide bonds. The van der Waals surface area contributed by atoms with Crippen LogP contribution in [0.1, 0.15) is 26.3 Å². The van der Waals surface area contributed by atoms with Crippen LogP contribution in [0.2, 0.25) is 0 Å². The van der Waals surface area contributed by atoms with Gasteiger partial charge in [0.05, 0.1) is 23.1 Å². The Kier molecular flexibility index (Phi) is 6.38. The van der Waals surface area contributed by atoms with Crippen LogP contribution >= 0.6 is 0 Å². The molecule has 0 atom stereocenters. The summed E-state index contributed by atoms with van der Waals surface area (Å²) in [6.45, 7) is 0. The van der Waals surface area contributed by atoms with Gasteiger partial charge in [-0.3, -0.25) is 14.0 Å². The molecular formula is C28H18F4N4O2. The standard InChI is InChI=1S/C28H18F4N4O2/c29-22-12-11-19(15-21(22)28(30,31)32)27(38)34-20-9-4-8-18(14-20)24-16-33-25-23(10-5-13-36(24)25)35-26(37)17-6-2-1-3-7-17/h1-16H,(H,34,38)(H,35,37). The molecule has 190 valence electrons. The Morgan fingerprint density at radius 1 is 0.789 bits per heavy atom. The molecule has 0 spiro atoms. The molecule has 3 aromatic carbocycles. The fourth-order valence-corrected chi connectivity index (χ4v) is 3.95. The Morgan fingerprint density at radius 3 is 2.32 bits per heavy atom. The minimum Gasteiger partial charge on any atom is -0.322 e. The van der Waals surface area contributed by atoms with Crippen molar-refractivity contribution in [2.75, 3.05) is 10.6 Å². The first-order valence-corrected chi connectivity index (χ1v) is 11.3. The van der Waals surface area contributed by atoms with E-state index in [0.717, 1.165) is 6.07 Å². The summed E-state index contributed by atoms with van der Waals surface area (Å²) >= 11 is 0. The number of imidazole rings is 1. The lowest BCUT2D eigenvalue weighted by Crippen LogP contribution is -2.15. The van der Waals surface area contributed by atoms with Crippen molar-refractivity contribution in [3.8, 4) is 11.3 Å². The second-order valence-corrected chi connectivity index (χ2v) is 8.31. The van der Waals surface area contributed by atoms with E-state index in [-0.39, 0.29) is 11.5 Å². The quantitative estimate of drug-likeness (QED) is 0.256. The zero-order valence-electron chi connectivity index (χ0n) is 19.5. The van der Waals surface area contributed by atoms with Gasteiger partial charge in [-0.1, -0.05) is 30.3 Å². The average molecular weight is 518 g/mol. The molecule has 2 heterocycles. The smallest absolute Gasteiger partial charge is 0.322 e. The molecule has 0 bridgehead atoms. The summed E-state index contributed by atoms with van der Waals surface area (Å²) in [6.07, 6.45) is -1.56. The topological polar surface area (TPSA) is 75.5 Å². The summed E-state index contributed by atoms with van der Waals surface area (Å²) in [4.78, 5) is 29.7. The lowest BCUT2D eigenvalue weighted by Gasteiger charge is -2.11. The number of nitrogens with one attached hydrogen (secondary N) is 2. The molecule has 0 aliphatic rings. The van der Waals surface area contributed by atoms with E-state index in [1.807, 2.05) is 6.07 Å². The minimum atomic E-state index is -4.93. The molecular weight excluding hydrogens is 500 g/mol. The van der Waals surface area contributed by atoms with E-state index in [9.17, 15) is 27.2 Å². The highest BCUT2D eigenvalue weighted by Crippen LogP contribution is 2.32. The van der Waals surface area contributed by atoms with Crippen molar-refractivity contribution < 1.29 is 27.2 Å². The van der Waals surface area contributed by atoms with Gasteiger partial charge in [-0.2, -0.15) is 13.2 Å². The molecule has 0 saturated carbocycles. The van der Waals surface area contributed by atoms with Crippen LogP contribution in [0.3, 0.4) is 0 Å². The maximum Gasteiger partial charge on any atom is 0.419 e. The SMILES string of the molecule is O=C(Nc1cccc(-c2cnc3c(NC(=O)c4ccccc4)cccn23)c1)c1ccc(F)c(C(F)(F)F)c1. The second kappa shape index (κ2) is 9.81. The molecule has 0 fully saturated rings. The van der Waals surface area contributed by atoms with Crippen LogP contribution in [-0.2, 0) is 6.18 Å². The number of hydrogen-bond donors (Lipinski definition) is 2. The van der Waals surface area contributed by atoms with E-state index >= 15 is 0 Å². The van der Waals surface area contributed by atoms with Crippen LogP contribution in [0.4, 0.5) is 28.9 Å². The Balaban J connectivity index is 1.40. The number of anilines is 2. The van der Waals surface area contributed by atoms with Gasteiger partial charge < -0.3 is 10.6 Å². The predicted molar refractivity (Wildman–Crippen MR) is 134 cm³/mol. The molecule has 6 nitrogen and oxygen atoms in total. The van der Waals surface area contributed by atoms with E-state index in [0.29, 0.717) is 46.0 Å². The lowest BCUT2D eigenvalue weighted by molar-refractivity contribution is -0.140. The van der Waals surface area contributed by atoms with Crippen LogP contribution in [0.5, 0.6) is 0 Å². The van der Waals surface area contributed by atoms with Gasteiger partial charge in [0.25, 0.3) is 11.8 Å². The molecule has 0 aliphatic heterocycles. The average Bonchev–Trinajstić information content (AvgIpc) is 3.34. The highest BCUT2D eigenvalue weighted by Gasteiger charge is 2.34. The van der Waals surface area contributed by atoms with Gasteiger partial charge in [0, 0.05) is 28.6 Å². The van der Waals surface area contributed by atoms with Gasteiger partial charge in [-0.25, -0.2) is 9.37 Å². The van der Waals surface area contributed by atoms with Crippen LogP contribution in [0.15, 0.2) is 97.3 Å². The number of halogens is 4. The molecule has 5 rings (SSSR count). The molecule has 5 aromatic rings. The fourth-order valence-electron chi connectivity index (χ4n) is 3.95. The third-order valence-electron chi connectivity index (χ3n) is 5.77. The number of carbonyl (C=O) groups is 2. The number of fused-ring (bicyclic) bond motifs is 1. The molecule has 10 heteroatoms. The molecule has 0 aliphatic carbocycles. The lowest BCUT2D eigenvalue weighted by atomic mass is 10.1. The van der Waals surface area contributed by atoms with Crippen LogP contribution in [0, 0.1) is 5.82 Å². The molecule has 0 unspecified atom stereocenters. The predicted octanol–water partition coefficient (Wildman–Crippen LogP) is 6.66. The summed E-state index contributed by atoms with van der Waals surface area (Å²) in [7, 11) is 0. The number of pyridine rings is 1. The third kappa shape index (κ3) is 4.96. The van der Waals surface area contributed by atoms with Crippen molar-refractivity contribution in [2.24, 2.45) is 0 Å². The second-order valence-electron chi connectivity index (χ2n) is 8.31. The molecule has 0 radical (unpaired) electrons. The maximum atomic E-state index is 13.6. The van der Waals surface area contributed by atoms with Crippen LogP contribution in [-0.4, -0.2) is 21.2 Å². The number of hydrogen-bond acceptors (Lipinski definition) is 3. The molecule has 2 N–H and O–H groups in total. The van der Waals surface area contributed by atoms with E-state index in [1.54, 1.807) is 77.5 Å². The minimum absolute atomic E-state index is 0.289. The van der Waals surface area contributed by atoms with Crippen LogP contribution < -0.4 is 10.6 Å². The zero-order valence-corrected chi connectivity index (χ0v) is 19.5. The molecule has 2 aromatic heterocycles. The first kappa shape index (κ1) is 24.7. The van der Waals surface area contributed by atoms with E-state index in [2.05, 4.69) is 15.6 Å². The van der Waals surface area contributed by atoms with Gasteiger partial charge in [0.2, 0.25) is 0 Å². The number of benzene rings is 3. The van der Waals surface area contributed by atoms with Gasteiger partial charge in [0.1, 0.15) is 5.82 Å². The summed E-state index contributed by atoms with van der Waals surface area (Å²) < 4.78 is 54.5. The Morgan fingerprint density at radius 2 is 1.55 bits per heavy atom. The fraction of sp³-hybridized carbons (Fsp3) is 0.0357. The van der Waals surface area contributed by atoms with Crippen molar-refractivity contribution in [3.05, 3.63) is 120 Å². The summed E-state index contributed by atoms with van der Waals surface area (Å²) in [5.41, 5.74) is 1.24. The van der Waals surface area contributed by atoms with E-state index in [4.69, 9.17) is 0 Å². The number of nitrogens with zero attached hydrogens (tertiary/aromatic N) is 2. The van der Waals surface area contributed by atoms with Crippen molar-refractivity contribution >= 4 is 28.8 Å². The number of aromatic nitrogens is 2. The third-order valence-corrected chi connectivity index (χ3v) is 5.77. The van der Waals surface area contributed by atoms with Gasteiger partial charge in [0.15, 0.2) is 5.65 Å². The summed E-state index contributed by atoms with van der Waals surface area (Å²) in [6, 6.07) is 20.9. The highest BCUT2D eigenvalue weighted by molar-refractivity contribution is 6.06. The van der Waals surface area contributed by atoms with Crippen molar-refractivity contribution in [3.63, 3.8) is 0 Å². The molecule has 38 heavy (non-hydrogen) atoms. The van der Waals surface area contributed by atoms with Crippen molar-refractivity contribution in [2.45, 2.75) is 6.18 Å². The summed E-state index contributed by atoms with van der Waals surface area (Å²) in [5.74, 6) is -2.57. The van der Waals surface area contributed by atoms with Crippen molar-refractivity contribution in [1.82, 2.24) is 9.38 Å².